The summed E-state index contributed by atoms with van der Waals surface area (Å²) in [5, 5.41) is 13.1. The van der Waals surface area contributed by atoms with Gasteiger partial charge in [-0.05, 0) is 17.7 Å². The highest BCUT2D eigenvalue weighted by Crippen LogP contribution is 2.23. The average Bonchev–Trinajstić information content (AvgIpc) is 2.68. The number of amides is 2. The van der Waals surface area contributed by atoms with Crippen molar-refractivity contribution in [1.29, 1.82) is 0 Å². The van der Waals surface area contributed by atoms with Crippen LogP contribution in [0.5, 0.6) is 0 Å². The van der Waals surface area contributed by atoms with Crippen molar-refractivity contribution < 1.29 is 41.0 Å². The molecule has 2 aromatic rings. The number of benzene rings is 2. The Morgan fingerprint density at radius 2 is 1.36 bits per heavy atom. The predicted molar refractivity (Wildman–Crippen MR) is 82.8 cm³/mol. The van der Waals surface area contributed by atoms with E-state index in [-0.39, 0.29) is 6.54 Å². The molecule has 2 rings (SSSR count). The Labute approximate surface area is 154 Å². The van der Waals surface area contributed by atoms with Crippen molar-refractivity contribution in [2.45, 2.75) is 12.6 Å². The molecule has 2 aromatic carbocycles. The van der Waals surface area contributed by atoms with E-state index in [4.69, 9.17) is 0 Å². The van der Waals surface area contributed by atoms with Crippen molar-refractivity contribution in [3.8, 4) is 0 Å². The first-order valence-electron chi connectivity index (χ1n) is 7.62. The van der Waals surface area contributed by atoms with Gasteiger partial charge in [-0.15, -0.1) is 0 Å². The standard InChI is InChI=1S/C17H12F6N2O3/c18-8-3-1-7(2-4-8)5-24-16(27)9(6-26)25-17(28)10-11(19)13(21)15(23)14(22)12(10)20/h1-4,9,26H,5-6H2,(H,24,27)(H,25,28)/t9-/m0/s1. The van der Waals surface area contributed by atoms with Gasteiger partial charge in [0, 0.05) is 6.54 Å². The Morgan fingerprint density at radius 3 is 1.86 bits per heavy atom. The molecule has 0 aliphatic heterocycles. The fraction of sp³-hybridized carbons (Fsp3) is 0.176. The zero-order valence-corrected chi connectivity index (χ0v) is 13.8. The Kier molecular flexibility index (Phi) is 6.62. The lowest BCUT2D eigenvalue weighted by molar-refractivity contribution is -0.124. The lowest BCUT2D eigenvalue weighted by atomic mass is 10.1. The third-order valence-electron chi connectivity index (χ3n) is 3.62. The third kappa shape index (κ3) is 4.42. The number of aliphatic hydroxyl groups is 1. The summed E-state index contributed by atoms with van der Waals surface area (Å²) < 4.78 is 79.5. The highest BCUT2D eigenvalue weighted by molar-refractivity contribution is 5.98. The van der Waals surface area contributed by atoms with E-state index in [1.165, 1.54) is 12.1 Å². The minimum absolute atomic E-state index is 0.145. The topological polar surface area (TPSA) is 78.4 Å². The normalized spacial score (nSPS) is 11.8. The maximum atomic E-state index is 13.6. The zero-order chi connectivity index (χ0) is 21.0. The lowest BCUT2D eigenvalue weighted by Crippen LogP contribution is -2.49. The molecule has 0 radical (unpaired) electrons. The second-order valence-corrected chi connectivity index (χ2v) is 5.50. The molecule has 0 saturated heterocycles. The fourth-order valence-corrected chi connectivity index (χ4v) is 2.14. The highest BCUT2D eigenvalue weighted by atomic mass is 19.2. The van der Waals surface area contributed by atoms with Crippen molar-refractivity contribution >= 4 is 11.8 Å². The van der Waals surface area contributed by atoms with Crippen LogP contribution in [-0.4, -0.2) is 29.6 Å². The van der Waals surface area contributed by atoms with Gasteiger partial charge in [-0.2, -0.15) is 0 Å². The Bertz CT molecular complexity index is 876. The van der Waals surface area contributed by atoms with Crippen molar-refractivity contribution in [2.24, 2.45) is 0 Å². The molecule has 3 N–H and O–H groups in total. The summed E-state index contributed by atoms with van der Waals surface area (Å²) in [4.78, 5) is 23.9. The van der Waals surface area contributed by atoms with Crippen molar-refractivity contribution in [3.05, 3.63) is 70.3 Å². The number of halogens is 6. The van der Waals surface area contributed by atoms with Gasteiger partial charge in [-0.1, -0.05) is 12.1 Å². The quantitative estimate of drug-likeness (QED) is 0.390. The first kappa shape index (κ1) is 21.2. The van der Waals surface area contributed by atoms with Gasteiger partial charge >= 0.3 is 0 Å². The summed E-state index contributed by atoms with van der Waals surface area (Å²) in [6.07, 6.45) is 0. The first-order chi connectivity index (χ1) is 13.2. The molecule has 0 aliphatic rings. The number of hydrogen-bond acceptors (Lipinski definition) is 3. The van der Waals surface area contributed by atoms with Crippen LogP contribution in [0.1, 0.15) is 15.9 Å². The Balaban J connectivity index is 2.13. The monoisotopic (exact) mass is 406 g/mol. The van der Waals surface area contributed by atoms with E-state index in [1.807, 2.05) is 0 Å². The largest absolute Gasteiger partial charge is 0.394 e. The average molecular weight is 406 g/mol. The van der Waals surface area contributed by atoms with E-state index in [9.17, 15) is 41.0 Å². The van der Waals surface area contributed by atoms with E-state index in [1.54, 1.807) is 5.32 Å². The summed E-state index contributed by atoms with van der Waals surface area (Å²) in [7, 11) is 0. The number of hydrogen-bond donors (Lipinski definition) is 3. The molecule has 0 heterocycles. The number of nitrogens with one attached hydrogen (secondary N) is 2. The number of aliphatic hydroxyl groups excluding tert-OH is 1. The van der Waals surface area contributed by atoms with Crippen LogP contribution in [0.25, 0.3) is 0 Å². The van der Waals surface area contributed by atoms with E-state index in [0.29, 0.717) is 5.56 Å². The van der Waals surface area contributed by atoms with Crippen molar-refractivity contribution in [2.75, 3.05) is 6.61 Å². The van der Waals surface area contributed by atoms with Gasteiger partial charge in [0.1, 0.15) is 17.4 Å². The second kappa shape index (κ2) is 8.74. The smallest absolute Gasteiger partial charge is 0.258 e. The molecule has 2 amide bonds. The predicted octanol–water partition coefficient (Wildman–Crippen LogP) is 1.93. The number of rotatable bonds is 6. The molecule has 0 aromatic heterocycles. The maximum Gasteiger partial charge on any atom is 0.258 e. The van der Waals surface area contributed by atoms with Crippen LogP contribution in [0.4, 0.5) is 26.3 Å². The first-order valence-corrected chi connectivity index (χ1v) is 7.62. The van der Waals surface area contributed by atoms with Gasteiger partial charge in [0.05, 0.1) is 6.61 Å². The van der Waals surface area contributed by atoms with Gasteiger partial charge in [-0.25, -0.2) is 26.3 Å². The summed E-state index contributed by atoms with van der Waals surface area (Å²) >= 11 is 0. The van der Waals surface area contributed by atoms with E-state index < -0.39 is 64.9 Å². The van der Waals surface area contributed by atoms with Crippen LogP contribution in [-0.2, 0) is 11.3 Å². The van der Waals surface area contributed by atoms with Crippen LogP contribution >= 0.6 is 0 Å². The van der Waals surface area contributed by atoms with Gasteiger partial charge < -0.3 is 15.7 Å². The van der Waals surface area contributed by atoms with Crippen molar-refractivity contribution in [1.82, 2.24) is 10.6 Å². The molecule has 0 unspecified atom stereocenters. The number of carbonyl (C=O) groups excluding carboxylic acids is 2. The summed E-state index contributed by atoms with van der Waals surface area (Å²) in [5.41, 5.74) is -1.33. The van der Waals surface area contributed by atoms with Gasteiger partial charge in [0.2, 0.25) is 11.7 Å². The molecule has 0 aliphatic carbocycles. The van der Waals surface area contributed by atoms with E-state index >= 15 is 0 Å². The molecule has 0 bridgehead atoms. The van der Waals surface area contributed by atoms with Gasteiger partial charge in [0.25, 0.3) is 5.91 Å². The SMILES string of the molecule is O=C(N[C@@H](CO)C(=O)NCc1ccc(F)cc1)c1c(F)c(F)c(F)c(F)c1F. The molecule has 0 spiro atoms. The number of carbonyl (C=O) groups is 2. The molecule has 28 heavy (non-hydrogen) atoms. The van der Waals surface area contributed by atoms with Gasteiger partial charge in [-0.3, -0.25) is 9.59 Å². The Morgan fingerprint density at radius 1 is 0.857 bits per heavy atom. The molecular formula is C17H12F6N2O3. The zero-order valence-electron chi connectivity index (χ0n) is 13.8. The van der Waals surface area contributed by atoms with Gasteiger partial charge in [0.15, 0.2) is 23.3 Å². The van der Waals surface area contributed by atoms with Crippen LogP contribution in [0, 0.1) is 34.9 Å². The maximum absolute atomic E-state index is 13.6. The summed E-state index contributed by atoms with van der Waals surface area (Å²) in [6, 6.07) is 3.18. The third-order valence-corrected chi connectivity index (χ3v) is 3.62. The summed E-state index contributed by atoms with van der Waals surface area (Å²) in [6.45, 7) is -1.18. The minimum atomic E-state index is -2.44. The molecule has 5 nitrogen and oxygen atoms in total. The Hall–Kier alpha value is -3.08. The van der Waals surface area contributed by atoms with E-state index in [2.05, 4.69) is 5.32 Å². The molecule has 11 heteroatoms. The summed E-state index contributed by atoms with van der Waals surface area (Å²) in [5.74, 6) is -15.2. The highest BCUT2D eigenvalue weighted by Gasteiger charge is 2.31. The molecular weight excluding hydrogens is 394 g/mol. The molecule has 0 saturated carbocycles. The fourth-order valence-electron chi connectivity index (χ4n) is 2.14. The lowest BCUT2D eigenvalue weighted by Gasteiger charge is -2.17. The molecule has 1 atom stereocenters. The molecule has 0 fully saturated rings. The van der Waals surface area contributed by atoms with Crippen molar-refractivity contribution in [3.63, 3.8) is 0 Å². The van der Waals surface area contributed by atoms with Crippen LogP contribution in [0.3, 0.4) is 0 Å². The van der Waals surface area contributed by atoms with Crippen LogP contribution < -0.4 is 10.6 Å². The van der Waals surface area contributed by atoms with Crippen LogP contribution in [0.15, 0.2) is 24.3 Å². The minimum Gasteiger partial charge on any atom is -0.394 e. The van der Waals surface area contributed by atoms with Crippen LogP contribution in [0.2, 0.25) is 0 Å². The van der Waals surface area contributed by atoms with E-state index in [0.717, 1.165) is 12.1 Å². The molecule has 150 valence electrons. The second-order valence-electron chi connectivity index (χ2n) is 5.50.